The van der Waals surface area contributed by atoms with Gasteiger partial charge in [0.1, 0.15) is 5.82 Å². The Balaban J connectivity index is 1.86. The molecule has 2 aromatic rings. The van der Waals surface area contributed by atoms with Crippen LogP contribution in [0.4, 0.5) is 10.1 Å². The Hall–Kier alpha value is -2.47. The van der Waals surface area contributed by atoms with Crippen LogP contribution in [0.1, 0.15) is 28.8 Å². The van der Waals surface area contributed by atoms with Crippen molar-refractivity contribution in [3.8, 4) is 0 Å². The summed E-state index contributed by atoms with van der Waals surface area (Å²) >= 11 is 6.05. The Bertz CT molecular complexity index is 808. The van der Waals surface area contributed by atoms with Gasteiger partial charge in [0.15, 0.2) is 0 Å². The fourth-order valence-corrected chi connectivity index (χ4v) is 2.79. The van der Waals surface area contributed by atoms with Gasteiger partial charge in [0.05, 0.1) is 15.5 Å². The Morgan fingerprint density at radius 1 is 1.29 bits per heavy atom. The molecule has 0 atom stereocenters. The summed E-state index contributed by atoms with van der Waals surface area (Å²) in [5.74, 6) is -0.661. The van der Waals surface area contributed by atoms with Crippen molar-refractivity contribution >= 4 is 23.2 Å². The summed E-state index contributed by atoms with van der Waals surface area (Å²) < 4.78 is 13.4. The van der Waals surface area contributed by atoms with E-state index in [1.807, 2.05) is 0 Å². The van der Waals surface area contributed by atoms with E-state index < -0.39 is 4.92 Å². The van der Waals surface area contributed by atoms with Crippen LogP contribution in [-0.4, -0.2) is 21.8 Å². The number of non-ortho nitro benzene ring substituents is 1. The summed E-state index contributed by atoms with van der Waals surface area (Å²) in [4.78, 5) is 24.6. The SMILES string of the molecule is O=C(c1ccc([N+](=O)[O-])cc1Cl)N(Cc1cccc(F)c1)C1CC1. The summed E-state index contributed by atoms with van der Waals surface area (Å²) in [5.41, 5.74) is 0.735. The third-order valence-electron chi connectivity index (χ3n) is 3.88. The first-order valence-electron chi connectivity index (χ1n) is 7.45. The fourth-order valence-electron chi connectivity index (χ4n) is 2.53. The standard InChI is InChI=1S/C17H14ClFN2O3/c18-16-9-14(21(23)24)6-7-15(16)17(22)20(13-4-5-13)10-11-2-1-3-12(19)8-11/h1-3,6-9,13H,4-5,10H2. The molecule has 2 aromatic carbocycles. The number of hydrogen-bond donors (Lipinski definition) is 0. The minimum absolute atomic E-state index is 0.0408. The van der Waals surface area contributed by atoms with Gasteiger partial charge < -0.3 is 4.90 Å². The Kier molecular flexibility index (Phi) is 4.49. The number of nitrogens with zero attached hydrogens (tertiary/aromatic N) is 2. The molecule has 1 aliphatic rings. The fraction of sp³-hybridized carbons (Fsp3) is 0.235. The molecule has 0 saturated heterocycles. The van der Waals surface area contributed by atoms with Gasteiger partial charge in [0.2, 0.25) is 0 Å². The molecule has 1 saturated carbocycles. The number of nitro benzene ring substituents is 1. The highest BCUT2D eigenvalue weighted by atomic mass is 35.5. The number of benzene rings is 2. The van der Waals surface area contributed by atoms with Crippen molar-refractivity contribution in [2.24, 2.45) is 0 Å². The van der Waals surface area contributed by atoms with Crippen LogP contribution < -0.4 is 0 Å². The van der Waals surface area contributed by atoms with Crippen molar-refractivity contribution in [1.29, 1.82) is 0 Å². The molecule has 0 N–H and O–H groups in total. The molecule has 5 nitrogen and oxygen atoms in total. The van der Waals surface area contributed by atoms with E-state index in [0.29, 0.717) is 5.56 Å². The second-order valence-electron chi connectivity index (χ2n) is 5.72. The molecule has 7 heteroatoms. The maximum atomic E-state index is 13.4. The first kappa shape index (κ1) is 16.4. The van der Waals surface area contributed by atoms with Gasteiger partial charge in [-0.15, -0.1) is 0 Å². The van der Waals surface area contributed by atoms with E-state index in [1.54, 1.807) is 17.0 Å². The van der Waals surface area contributed by atoms with Crippen LogP contribution in [-0.2, 0) is 6.54 Å². The third kappa shape index (κ3) is 3.54. The lowest BCUT2D eigenvalue weighted by Crippen LogP contribution is -2.32. The van der Waals surface area contributed by atoms with Crippen LogP contribution in [0.2, 0.25) is 5.02 Å². The number of carbonyl (C=O) groups excluding carboxylic acids is 1. The highest BCUT2D eigenvalue weighted by Gasteiger charge is 2.34. The first-order valence-corrected chi connectivity index (χ1v) is 7.83. The van der Waals surface area contributed by atoms with E-state index in [9.17, 15) is 19.3 Å². The van der Waals surface area contributed by atoms with Crippen molar-refractivity contribution in [1.82, 2.24) is 4.90 Å². The van der Waals surface area contributed by atoms with Crippen LogP contribution >= 0.6 is 11.6 Å². The molecule has 0 bridgehead atoms. The number of carbonyl (C=O) groups is 1. The zero-order chi connectivity index (χ0) is 17.3. The maximum absolute atomic E-state index is 13.4. The molecular formula is C17H14ClFN2O3. The largest absolute Gasteiger partial charge is 0.331 e. The van der Waals surface area contributed by atoms with Gasteiger partial charge >= 0.3 is 0 Å². The van der Waals surface area contributed by atoms with Crippen LogP contribution in [0, 0.1) is 15.9 Å². The van der Waals surface area contributed by atoms with E-state index in [2.05, 4.69) is 0 Å². The van der Waals surface area contributed by atoms with Gasteiger partial charge in [-0.1, -0.05) is 23.7 Å². The molecule has 124 valence electrons. The van der Waals surface area contributed by atoms with E-state index in [0.717, 1.165) is 12.8 Å². The number of rotatable bonds is 5. The normalized spacial score (nSPS) is 13.6. The molecule has 0 aliphatic heterocycles. The number of halogens is 2. The van der Waals surface area contributed by atoms with Gasteiger partial charge in [-0.3, -0.25) is 14.9 Å². The minimum Gasteiger partial charge on any atom is -0.331 e. The lowest BCUT2D eigenvalue weighted by molar-refractivity contribution is -0.384. The van der Waals surface area contributed by atoms with Gasteiger partial charge in [0, 0.05) is 24.7 Å². The van der Waals surface area contributed by atoms with Crippen LogP contribution in [0.3, 0.4) is 0 Å². The first-order chi connectivity index (χ1) is 11.5. The number of amides is 1. The van der Waals surface area contributed by atoms with E-state index in [1.165, 1.54) is 30.3 Å². The number of nitro groups is 1. The predicted molar refractivity (Wildman–Crippen MR) is 87.4 cm³/mol. The summed E-state index contributed by atoms with van der Waals surface area (Å²) in [5, 5.41) is 10.8. The molecule has 0 unspecified atom stereocenters. The Morgan fingerprint density at radius 2 is 2.04 bits per heavy atom. The monoisotopic (exact) mass is 348 g/mol. The topological polar surface area (TPSA) is 63.4 Å². The molecule has 0 radical (unpaired) electrons. The molecule has 1 aliphatic carbocycles. The van der Waals surface area contributed by atoms with Crippen molar-refractivity contribution < 1.29 is 14.1 Å². The second kappa shape index (κ2) is 6.57. The summed E-state index contributed by atoms with van der Waals surface area (Å²) in [6.07, 6.45) is 1.76. The van der Waals surface area contributed by atoms with Crippen molar-refractivity contribution in [3.63, 3.8) is 0 Å². The summed E-state index contributed by atoms with van der Waals surface area (Å²) in [6.45, 7) is 0.272. The molecule has 24 heavy (non-hydrogen) atoms. The zero-order valence-corrected chi connectivity index (χ0v) is 13.4. The lowest BCUT2D eigenvalue weighted by atomic mass is 10.1. The molecule has 0 heterocycles. The Labute approximate surface area is 142 Å². The van der Waals surface area contributed by atoms with E-state index in [-0.39, 0.29) is 40.6 Å². The van der Waals surface area contributed by atoms with Crippen LogP contribution in [0.5, 0.6) is 0 Å². The van der Waals surface area contributed by atoms with E-state index >= 15 is 0 Å². The maximum Gasteiger partial charge on any atom is 0.270 e. The summed E-state index contributed by atoms with van der Waals surface area (Å²) in [6, 6.07) is 9.97. The van der Waals surface area contributed by atoms with Gasteiger partial charge in [-0.2, -0.15) is 0 Å². The zero-order valence-electron chi connectivity index (χ0n) is 12.6. The molecule has 1 fully saturated rings. The number of hydrogen-bond acceptors (Lipinski definition) is 3. The predicted octanol–water partition coefficient (Wildman–Crippen LogP) is 4.19. The van der Waals surface area contributed by atoms with Crippen molar-refractivity contribution in [2.45, 2.75) is 25.4 Å². The average Bonchev–Trinajstić information content (AvgIpc) is 3.36. The average molecular weight is 349 g/mol. The lowest BCUT2D eigenvalue weighted by Gasteiger charge is -2.23. The van der Waals surface area contributed by atoms with Crippen molar-refractivity contribution in [2.75, 3.05) is 0 Å². The van der Waals surface area contributed by atoms with Gasteiger partial charge in [0.25, 0.3) is 11.6 Å². The minimum atomic E-state index is -0.564. The van der Waals surface area contributed by atoms with Gasteiger partial charge in [-0.25, -0.2) is 4.39 Å². The van der Waals surface area contributed by atoms with Gasteiger partial charge in [-0.05, 0) is 36.6 Å². The smallest absolute Gasteiger partial charge is 0.270 e. The molecule has 0 spiro atoms. The van der Waals surface area contributed by atoms with E-state index in [4.69, 9.17) is 11.6 Å². The molecule has 3 rings (SSSR count). The quantitative estimate of drug-likeness (QED) is 0.601. The molecular weight excluding hydrogens is 335 g/mol. The van der Waals surface area contributed by atoms with Crippen LogP contribution in [0.25, 0.3) is 0 Å². The highest BCUT2D eigenvalue weighted by Crippen LogP contribution is 2.32. The Morgan fingerprint density at radius 3 is 2.62 bits per heavy atom. The molecule has 0 aromatic heterocycles. The second-order valence-corrected chi connectivity index (χ2v) is 6.12. The van der Waals surface area contributed by atoms with Crippen molar-refractivity contribution in [3.05, 3.63) is 74.5 Å². The third-order valence-corrected chi connectivity index (χ3v) is 4.20. The van der Waals surface area contributed by atoms with Crippen LogP contribution in [0.15, 0.2) is 42.5 Å². The molecule has 1 amide bonds. The highest BCUT2D eigenvalue weighted by molar-refractivity contribution is 6.34. The summed E-state index contributed by atoms with van der Waals surface area (Å²) in [7, 11) is 0.